The highest BCUT2D eigenvalue weighted by Gasteiger charge is 2.29. The standard InChI is InChI=1S/C27H35N3O4.ClH/c1-2-24(19-26(32)34-18-14-21-7-4-3-5-8-21)29-27(33)23-9-6-17-30(20-23)25(31)11-10-22-12-15-28-16-13-22;/h1,3-5,7-8,10-11,22-24,28H,6,9,12-20H2,(H,29,33);1H/b11-10+;/t23-,24-;/m1./s1. The van der Waals surface area contributed by atoms with E-state index in [1.807, 2.05) is 36.4 Å². The summed E-state index contributed by atoms with van der Waals surface area (Å²) >= 11 is 0. The van der Waals surface area contributed by atoms with Gasteiger partial charge in [-0.15, -0.1) is 18.8 Å². The van der Waals surface area contributed by atoms with Gasteiger partial charge >= 0.3 is 5.97 Å². The van der Waals surface area contributed by atoms with Crippen LogP contribution in [-0.2, 0) is 25.5 Å². The molecule has 0 aromatic heterocycles. The van der Waals surface area contributed by atoms with Crippen molar-refractivity contribution in [1.29, 1.82) is 0 Å². The van der Waals surface area contributed by atoms with E-state index in [1.54, 1.807) is 11.0 Å². The zero-order chi connectivity index (χ0) is 24.2. The number of halogens is 1. The van der Waals surface area contributed by atoms with Gasteiger partial charge in [0.25, 0.3) is 0 Å². The summed E-state index contributed by atoms with van der Waals surface area (Å²) in [4.78, 5) is 39.3. The summed E-state index contributed by atoms with van der Waals surface area (Å²) in [5.41, 5.74) is 1.08. The van der Waals surface area contributed by atoms with Crippen molar-refractivity contribution >= 4 is 30.2 Å². The van der Waals surface area contributed by atoms with Gasteiger partial charge in [-0.1, -0.05) is 42.3 Å². The van der Waals surface area contributed by atoms with Crippen LogP contribution in [0.1, 0.15) is 37.7 Å². The minimum atomic E-state index is -0.734. The lowest BCUT2D eigenvalue weighted by Crippen LogP contribution is -2.47. The number of nitrogens with one attached hydrogen (secondary N) is 2. The molecule has 2 amide bonds. The number of esters is 1. The van der Waals surface area contributed by atoms with Crippen LogP contribution in [-0.4, -0.2) is 61.5 Å². The Morgan fingerprint density at radius 3 is 2.66 bits per heavy atom. The number of terminal acetylenes is 1. The van der Waals surface area contributed by atoms with E-state index in [0.717, 1.165) is 37.9 Å². The lowest BCUT2D eigenvalue weighted by atomic mass is 9.95. The van der Waals surface area contributed by atoms with E-state index in [0.29, 0.717) is 31.8 Å². The number of hydrogen-bond donors (Lipinski definition) is 2. The van der Waals surface area contributed by atoms with Gasteiger partial charge in [0.15, 0.2) is 0 Å². The third-order valence-electron chi connectivity index (χ3n) is 6.38. The molecule has 1 aromatic carbocycles. The summed E-state index contributed by atoms with van der Waals surface area (Å²) in [5, 5.41) is 6.10. The molecular formula is C27H36ClN3O4. The Kier molecular flexibility index (Phi) is 12.4. The molecule has 8 heteroatoms. The predicted molar refractivity (Wildman–Crippen MR) is 138 cm³/mol. The van der Waals surface area contributed by atoms with E-state index in [2.05, 4.69) is 16.6 Å². The molecule has 0 bridgehead atoms. The fourth-order valence-electron chi connectivity index (χ4n) is 4.35. The number of carbonyl (C=O) groups is 3. The molecule has 2 saturated heterocycles. The Morgan fingerprint density at radius 2 is 1.94 bits per heavy atom. The van der Waals surface area contributed by atoms with Gasteiger partial charge in [-0.3, -0.25) is 14.4 Å². The van der Waals surface area contributed by atoms with Crippen LogP contribution in [0.5, 0.6) is 0 Å². The largest absolute Gasteiger partial charge is 0.465 e. The normalized spacial score (nSPS) is 19.3. The molecule has 3 rings (SSSR count). The molecule has 0 spiro atoms. The van der Waals surface area contributed by atoms with Crippen LogP contribution in [0.4, 0.5) is 0 Å². The van der Waals surface area contributed by atoms with Crippen molar-refractivity contribution in [1.82, 2.24) is 15.5 Å². The maximum Gasteiger partial charge on any atom is 0.308 e. The number of benzene rings is 1. The summed E-state index contributed by atoms with van der Waals surface area (Å²) in [6, 6.07) is 9.02. The quantitative estimate of drug-likeness (QED) is 0.308. The molecule has 0 unspecified atom stereocenters. The topological polar surface area (TPSA) is 87.7 Å². The Morgan fingerprint density at radius 1 is 1.20 bits per heavy atom. The van der Waals surface area contributed by atoms with Crippen LogP contribution >= 0.6 is 12.4 Å². The number of amides is 2. The van der Waals surface area contributed by atoms with Crippen molar-refractivity contribution in [2.45, 2.75) is 44.6 Å². The Hall–Kier alpha value is -2.82. The molecule has 7 nitrogen and oxygen atoms in total. The number of likely N-dealkylation sites (tertiary alicyclic amines) is 1. The molecular weight excluding hydrogens is 466 g/mol. The van der Waals surface area contributed by atoms with E-state index in [-0.39, 0.29) is 43.2 Å². The van der Waals surface area contributed by atoms with Gasteiger partial charge in [-0.25, -0.2) is 0 Å². The van der Waals surface area contributed by atoms with Crippen LogP contribution in [0.15, 0.2) is 42.5 Å². The first kappa shape index (κ1) is 28.4. The molecule has 35 heavy (non-hydrogen) atoms. The zero-order valence-electron chi connectivity index (χ0n) is 20.1. The fraction of sp³-hybridized carbons (Fsp3) is 0.519. The lowest BCUT2D eigenvalue weighted by molar-refractivity contribution is -0.143. The summed E-state index contributed by atoms with van der Waals surface area (Å²) in [5.74, 6) is 1.85. The van der Waals surface area contributed by atoms with Gasteiger partial charge in [-0.2, -0.15) is 0 Å². The third-order valence-corrected chi connectivity index (χ3v) is 6.38. The second-order valence-electron chi connectivity index (χ2n) is 8.96. The van der Waals surface area contributed by atoms with Crippen molar-refractivity contribution in [3.05, 3.63) is 48.0 Å². The highest BCUT2D eigenvalue weighted by atomic mass is 35.5. The van der Waals surface area contributed by atoms with Crippen LogP contribution in [0, 0.1) is 24.2 Å². The molecule has 2 fully saturated rings. The highest BCUT2D eigenvalue weighted by molar-refractivity contribution is 5.88. The highest BCUT2D eigenvalue weighted by Crippen LogP contribution is 2.19. The molecule has 2 aliphatic heterocycles. The van der Waals surface area contributed by atoms with Crippen molar-refractivity contribution in [3.8, 4) is 12.3 Å². The van der Waals surface area contributed by atoms with Crippen molar-refractivity contribution < 1.29 is 19.1 Å². The number of nitrogens with zero attached hydrogens (tertiary/aromatic N) is 1. The van der Waals surface area contributed by atoms with Gasteiger partial charge in [0.2, 0.25) is 11.8 Å². The first-order valence-corrected chi connectivity index (χ1v) is 12.2. The van der Waals surface area contributed by atoms with Gasteiger partial charge in [0.1, 0.15) is 6.04 Å². The summed E-state index contributed by atoms with van der Waals surface area (Å²) < 4.78 is 5.28. The number of hydrogen-bond acceptors (Lipinski definition) is 5. The number of rotatable bonds is 9. The fourth-order valence-corrected chi connectivity index (χ4v) is 4.35. The first-order chi connectivity index (χ1) is 16.5. The SMILES string of the molecule is C#C[C@H](CC(=O)OCCc1ccccc1)NC(=O)[C@@H]1CCCN(C(=O)/C=C/C2CCNCC2)C1.Cl. The molecule has 2 heterocycles. The van der Waals surface area contributed by atoms with Crippen molar-refractivity contribution in [3.63, 3.8) is 0 Å². The summed E-state index contributed by atoms with van der Waals surface area (Å²) in [6.07, 6.45) is 13.3. The van der Waals surface area contributed by atoms with E-state index in [4.69, 9.17) is 11.2 Å². The molecule has 190 valence electrons. The van der Waals surface area contributed by atoms with Gasteiger partial charge in [-0.05, 0) is 56.3 Å². The second-order valence-corrected chi connectivity index (χ2v) is 8.96. The number of ether oxygens (including phenoxy) is 1. The number of allylic oxidation sites excluding steroid dienone is 1. The van der Waals surface area contributed by atoms with E-state index in [9.17, 15) is 14.4 Å². The van der Waals surface area contributed by atoms with Gasteiger partial charge in [0, 0.05) is 19.5 Å². The average Bonchev–Trinajstić information content (AvgIpc) is 2.88. The molecule has 2 aliphatic rings. The maximum absolute atomic E-state index is 12.8. The molecule has 2 atom stereocenters. The monoisotopic (exact) mass is 501 g/mol. The van der Waals surface area contributed by atoms with E-state index < -0.39 is 12.0 Å². The molecule has 2 N–H and O–H groups in total. The second kappa shape index (κ2) is 15.2. The van der Waals surface area contributed by atoms with Gasteiger partial charge in [0.05, 0.1) is 18.9 Å². The Labute approximate surface area is 214 Å². The first-order valence-electron chi connectivity index (χ1n) is 12.2. The molecule has 0 radical (unpaired) electrons. The Balaban J connectivity index is 0.00000432. The zero-order valence-corrected chi connectivity index (χ0v) is 20.9. The minimum Gasteiger partial charge on any atom is -0.465 e. The Bertz CT molecular complexity index is 893. The van der Waals surface area contributed by atoms with E-state index >= 15 is 0 Å². The predicted octanol–water partition coefficient (Wildman–Crippen LogP) is 2.50. The number of piperidine rings is 2. The van der Waals surface area contributed by atoms with Crippen LogP contribution in [0.25, 0.3) is 0 Å². The maximum atomic E-state index is 12.8. The minimum absolute atomic E-state index is 0. The number of carbonyl (C=O) groups excluding carboxylic acids is 3. The van der Waals surface area contributed by atoms with Crippen molar-refractivity contribution in [2.24, 2.45) is 11.8 Å². The molecule has 1 aromatic rings. The van der Waals surface area contributed by atoms with Crippen molar-refractivity contribution in [2.75, 3.05) is 32.8 Å². The van der Waals surface area contributed by atoms with E-state index in [1.165, 1.54) is 0 Å². The lowest BCUT2D eigenvalue weighted by Gasteiger charge is -2.32. The van der Waals surface area contributed by atoms with Gasteiger partial charge < -0.3 is 20.3 Å². The van der Waals surface area contributed by atoms with Crippen LogP contribution in [0.3, 0.4) is 0 Å². The summed E-state index contributed by atoms with van der Waals surface area (Å²) in [7, 11) is 0. The third kappa shape index (κ3) is 9.75. The van der Waals surface area contributed by atoms with Crippen LogP contribution < -0.4 is 10.6 Å². The van der Waals surface area contributed by atoms with Crippen LogP contribution in [0.2, 0.25) is 0 Å². The average molecular weight is 502 g/mol. The smallest absolute Gasteiger partial charge is 0.308 e. The molecule has 0 saturated carbocycles. The molecule has 0 aliphatic carbocycles. The summed E-state index contributed by atoms with van der Waals surface area (Å²) in [6.45, 7) is 3.22.